The number of carboxylic acid groups (broad SMARTS) is 1. The summed E-state index contributed by atoms with van der Waals surface area (Å²) in [5.74, 6) is 0.125. The third-order valence-corrected chi connectivity index (χ3v) is 4.34. The number of ether oxygens (including phenoxy) is 1. The molecule has 1 saturated heterocycles. The van der Waals surface area contributed by atoms with Crippen molar-refractivity contribution in [2.24, 2.45) is 0 Å². The van der Waals surface area contributed by atoms with E-state index in [1.54, 1.807) is 0 Å². The molecule has 0 atom stereocenters. The van der Waals surface area contributed by atoms with E-state index in [1.165, 1.54) is 24.8 Å². The second-order valence-electron chi connectivity index (χ2n) is 6.36. The van der Waals surface area contributed by atoms with Gasteiger partial charge in [0.15, 0.2) is 0 Å². The summed E-state index contributed by atoms with van der Waals surface area (Å²) >= 11 is 0. The number of nitrogens with zero attached hydrogens (tertiary/aromatic N) is 3. The Morgan fingerprint density at radius 3 is 2.21 bits per heavy atom. The Hall–Kier alpha value is -1.69. The standard InChI is InChI=1S/C18H29N3O3/c22-17(23)9-7-5-3-1-2-4-6-8-16-14-19-18(20-15-16)21-10-12-24-13-11-21/h14-15H,1-13H2,(H,22,23). The average molecular weight is 335 g/mol. The Morgan fingerprint density at radius 2 is 1.58 bits per heavy atom. The molecule has 1 N–H and O–H groups in total. The van der Waals surface area contributed by atoms with E-state index >= 15 is 0 Å². The molecule has 0 radical (unpaired) electrons. The first-order valence-electron chi connectivity index (χ1n) is 9.11. The number of anilines is 1. The molecule has 1 aromatic rings. The van der Waals surface area contributed by atoms with E-state index in [9.17, 15) is 4.79 Å². The molecule has 0 spiro atoms. The van der Waals surface area contributed by atoms with Crippen LogP contribution in [-0.4, -0.2) is 47.3 Å². The quantitative estimate of drug-likeness (QED) is 0.626. The lowest BCUT2D eigenvalue weighted by Gasteiger charge is -2.26. The Kier molecular flexibility index (Phi) is 8.52. The number of aromatic nitrogens is 2. The van der Waals surface area contributed by atoms with Crippen LogP contribution in [0, 0.1) is 0 Å². The molecular formula is C18H29N3O3. The lowest BCUT2D eigenvalue weighted by atomic mass is 10.1. The van der Waals surface area contributed by atoms with Gasteiger partial charge in [-0.05, 0) is 24.8 Å². The van der Waals surface area contributed by atoms with Gasteiger partial charge in [0, 0.05) is 31.9 Å². The molecule has 6 nitrogen and oxygen atoms in total. The largest absolute Gasteiger partial charge is 0.481 e. The summed E-state index contributed by atoms with van der Waals surface area (Å²) in [6.07, 6.45) is 13.0. The van der Waals surface area contributed by atoms with Gasteiger partial charge in [0.2, 0.25) is 5.95 Å². The molecule has 24 heavy (non-hydrogen) atoms. The first kappa shape index (κ1) is 18.6. The lowest BCUT2D eigenvalue weighted by Crippen LogP contribution is -2.37. The normalized spacial score (nSPS) is 14.8. The number of aliphatic carboxylic acids is 1. The van der Waals surface area contributed by atoms with E-state index in [0.717, 1.165) is 64.4 Å². The molecule has 1 aliphatic heterocycles. The highest BCUT2D eigenvalue weighted by molar-refractivity contribution is 5.66. The molecule has 0 amide bonds. The number of unbranched alkanes of at least 4 members (excludes halogenated alkanes) is 6. The van der Waals surface area contributed by atoms with Gasteiger partial charge >= 0.3 is 5.97 Å². The summed E-state index contributed by atoms with van der Waals surface area (Å²) in [6, 6.07) is 0. The van der Waals surface area contributed by atoms with Gasteiger partial charge in [0.05, 0.1) is 13.2 Å². The number of hydrogen-bond donors (Lipinski definition) is 1. The predicted octanol–water partition coefficient (Wildman–Crippen LogP) is 3.06. The number of hydrogen-bond acceptors (Lipinski definition) is 5. The van der Waals surface area contributed by atoms with Crippen LogP contribution < -0.4 is 4.90 Å². The highest BCUT2D eigenvalue weighted by Crippen LogP contribution is 2.13. The lowest BCUT2D eigenvalue weighted by molar-refractivity contribution is -0.137. The van der Waals surface area contributed by atoms with Gasteiger partial charge in [0.25, 0.3) is 0 Å². The van der Waals surface area contributed by atoms with Gasteiger partial charge in [-0.3, -0.25) is 4.79 Å². The first-order valence-corrected chi connectivity index (χ1v) is 9.11. The molecule has 0 bridgehead atoms. The van der Waals surface area contributed by atoms with Crippen molar-refractivity contribution in [3.63, 3.8) is 0 Å². The topological polar surface area (TPSA) is 75.5 Å². The minimum Gasteiger partial charge on any atom is -0.481 e. The number of morpholine rings is 1. The monoisotopic (exact) mass is 335 g/mol. The fourth-order valence-corrected chi connectivity index (χ4v) is 2.89. The SMILES string of the molecule is O=C(O)CCCCCCCCCc1cnc(N2CCOCC2)nc1. The molecule has 0 aromatic carbocycles. The summed E-state index contributed by atoms with van der Waals surface area (Å²) in [5.41, 5.74) is 1.20. The second-order valence-corrected chi connectivity index (χ2v) is 6.36. The van der Waals surface area contributed by atoms with Crippen LogP contribution in [-0.2, 0) is 16.0 Å². The van der Waals surface area contributed by atoms with Crippen LogP contribution in [0.3, 0.4) is 0 Å². The molecule has 1 fully saturated rings. The number of carboxylic acids is 1. The fraction of sp³-hybridized carbons (Fsp3) is 0.722. The van der Waals surface area contributed by atoms with Crippen LogP contribution >= 0.6 is 0 Å². The van der Waals surface area contributed by atoms with Crippen molar-refractivity contribution in [2.45, 2.75) is 57.8 Å². The Balaban J connectivity index is 1.52. The van der Waals surface area contributed by atoms with Crippen molar-refractivity contribution < 1.29 is 14.6 Å². The van der Waals surface area contributed by atoms with E-state index in [1.807, 2.05) is 12.4 Å². The highest BCUT2D eigenvalue weighted by Gasteiger charge is 2.13. The summed E-state index contributed by atoms with van der Waals surface area (Å²) in [6.45, 7) is 3.24. The van der Waals surface area contributed by atoms with Gasteiger partial charge in [-0.15, -0.1) is 0 Å². The van der Waals surface area contributed by atoms with Crippen molar-refractivity contribution in [1.82, 2.24) is 9.97 Å². The Bertz CT molecular complexity index is 473. The molecular weight excluding hydrogens is 306 g/mol. The van der Waals surface area contributed by atoms with Gasteiger partial charge in [-0.2, -0.15) is 0 Å². The summed E-state index contributed by atoms with van der Waals surface area (Å²) in [7, 11) is 0. The second kappa shape index (κ2) is 11.0. The average Bonchev–Trinajstić information content (AvgIpc) is 2.61. The molecule has 6 heteroatoms. The van der Waals surface area contributed by atoms with E-state index in [0.29, 0.717) is 6.42 Å². The van der Waals surface area contributed by atoms with Crippen molar-refractivity contribution in [1.29, 1.82) is 0 Å². The molecule has 0 saturated carbocycles. The van der Waals surface area contributed by atoms with Crippen molar-refractivity contribution in [2.75, 3.05) is 31.2 Å². The molecule has 134 valence electrons. The maximum atomic E-state index is 10.4. The van der Waals surface area contributed by atoms with Gasteiger partial charge in [0.1, 0.15) is 0 Å². The smallest absolute Gasteiger partial charge is 0.303 e. The van der Waals surface area contributed by atoms with Crippen molar-refractivity contribution in [3.8, 4) is 0 Å². The maximum Gasteiger partial charge on any atom is 0.303 e. The molecule has 2 rings (SSSR count). The molecule has 1 aliphatic rings. The summed E-state index contributed by atoms with van der Waals surface area (Å²) in [5, 5.41) is 8.57. The summed E-state index contributed by atoms with van der Waals surface area (Å²) in [4.78, 5) is 21.5. The third kappa shape index (κ3) is 7.25. The minimum absolute atomic E-state index is 0.306. The van der Waals surface area contributed by atoms with Crippen LogP contribution in [0.4, 0.5) is 5.95 Å². The van der Waals surface area contributed by atoms with Crippen LogP contribution in [0.2, 0.25) is 0 Å². The molecule has 1 aromatic heterocycles. The Morgan fingerprint density at radius 1 is 1.00 bits per heavy atom. The summed E-state index contributed by atoms with van der Waals surface area (Å²) < 4.78 is 5.34. The van der Waals surface area contributed by atoms with E-state index in [2.05, 4.69) is 14.9 Å². The van der Waals surface area contributed by atoms with E-state index in [4.69, 9.17) is 9.84 Å². The van der Waals surface area contributed by atoms with Gasteiger partial charge in [-0.25, -0.2) is 9.97 Å². The van der Waals surface area contributed by atoms with Crippen LogP contribution in [0.5, 0.6) is 0 Å². The van der Waals surface area contributed by atoms with Crippen molar-refractivity contribution >= 4 is 11.9 Å². The van der Waals surface area contributed by atoms with Gasteiger partial charge in [-0.1, -0.05) is 32.1 Å². The van der Waals surface area contributed by atoms with E-state index in [-0.39, 0.29) is 0 Å². The van der Waals surface area contributed by atoms with E-state index < -0.39 is 5.97 Å². The van der Waals surface area contributed by atoms with Crippen LogP contribution in [0.1, 0.15) is 56.9 Å². The first-order chi connectivity index (χ1) is 11.8. The third-order valence-electron chi connectivity index (χ3n) is 4.34. The maximum absolute atomic E-state index is 10.4. The zero-order valence-electron chi connectivity index (χ0n) is 14.5. The minimum atomic E-state index is -0.683. The predicted molar refractivity (Wildman–Crippen MR) is 93.3 cm³/mol. The zero-order chi connectivity index (χ0) is 17.0. The molecule has 0 aliphatic carbocycles. The van der Waals surface area contributed by atoms with Crippen molar-refractivity contribution in [3.05, 3.63) is 18.0 Å². The Labute approximate surface area is 144 Å². The number of carbonyl (C=O) groups is 1. The fourth-order valence-electron chi connectivity index (χ4n) is 2.89. The van der Waals surface area contributed by atoms with Crippen LogP contribution in [0.25, 0.3) is 0 Å². The van der Waals surface area contributed by atoms with Gasteiger partial charge < -0.3 is 14.7 Å². The number of aryl methyl sites for hydroxylation is 1. The van der Waals surface area contributed by atoms with Crippen LogP contribution in [0.15, 0.2) is 12.4 Å². The highest BCUT2D eigenvalue weighted by atomic mass is 16.5. The molecule has 0 unspecified atom stereocenters. The number of rotatable bonds is 11. The zero-order valence-corrected chi connectivity index (χ0v) is 14.5. The molecule has 2 heterocycles.